The average molecular weight is 304 g/mol. The largest absolute Gasteiger partial charge is 0.344 e. The molecule has 0 radical (unpaired) electrons. The van der Waals surface area contributed by atoms with Gasteiger partial charge in [-0.1, -0.05) is 36.4 Å². The standard InChI is InChI=1S/C19H16N2O2/c1-20(16-7-3-2-4-8-16)19-10-6-5-9-18(19)15-11-13-17(14-12-15)21(22)23/h2-14H,1H3. The molecule has 114 valence electrons. The fourth-order valence-electron chi connectivity index (χ4n) is 2.56. The van der Waals surface area contributed by atoms with Crippen molar-refractivity contribution in [3.8, 4) is 11.1 Å². The van der Waals surface area contributed by atoms with Crippen molar-refractivity contribution in [2.75, 3.05) is 11.9 Å². The van der Waals surface area contributed by atoms with E-state index in [1.807, 2.05) is 61.6 Å². The predicted molar refractivity (Wildman–Crippen MR) is 93.0 cm³/mol. The maximum atomic E-state index is 10.8. The molecule has 0 aliphatic carbocycles. The molecule has 0 amide bonds. The van der Waals surface area contributed by atoms with Crippen LogP contribution in [0.15, 0.2) is 78.9 Å². The first-order chi connectivity index (χ1) is 11.2. The molecule has 4 nitrogen and oxygen atoms in total. The molecule has 3 aromatic rings. The number of rotatable bonds is 4. The van der Waals surface area contributed by atoms with Crippen molar-refractivity contribution < 1.29 is 4.92 Å². The summed E-state index contributed by atoms with van der Waals surface area (Å²) in [6, 6.07) is 24.8. The van der Waals surface area contributed by atoms with Crippen molar-refractivity contribution in [2.45, 2.75) is 0 Å². The molecule has 0 atom stereocenters. The van der Waals surface area contributed by atoms with Gasteiger partial charge >= 0.3 is 0 Å². The van der Waals surface area contributed by atoms with E-state index in [1.165, 1.54) is 12.1 Å². The second kappa shape index (κ2) is 6.32. The van der Waals surface area contributed by atoms with Crippen molar-refractivity contribution in [1.29, 1.82) is 0 Å². The van der Waals surface area contributed by atoms with Gasteiger partial charge in [0.05, 0.1) is 4.92 Å². The molecule has 0 fully saturated rings. The molecule has 3 rings (SSSR count). The van der Waals surface area contributed by atoms with E-state index < -0.39 is 0 Å². The van der Waals surface area contributed by atoms with Gasteiger partial charge in [-0.3, -0.25) is 10.1 Å². The minimum absolute atomic E-state index is 0.0997. The lowest BCUT2D eigenvalue weighted by Gasteiger charge is -2.22. The molecule has 0 N–H and O–H groups in total. The number of hydrogen-bond acceptors (Lipinski definition) is 3. The molecule has 0 heterocycles. The fourth-order valence-corrected chi connectivity index (χ4v) is 2.56. The molecule has 0 bridgehead atoms. The van der Waals surface area contributed by atoms with E-state index in [-0.39, 0.29) is 10.6 Å². The highest BCUT2D eigenvalue weighted by Gasteiger charge is 2.11. The van der Waals surface area contributed by atoms with Crippen LogP contribution in [-0.4, -0.2) is 12.0 Å². The van der Waals surface area contributed by atoms with E-state index >= 15 is 0 Å². The maximum absolute atomic E-state index is 10.8. The number of nitro groups is 1. The third-order valence-electron chi connectivity index (χ3n) is 3.80. The smallest absolute Gasteiger partial charge is 0.269 e. The summed E-state index contributed by atoms with van der Waals surface area (Å²) in [4.78, 5) is 12.5. The SMILES string of the molecule is CN(c1ccccc1)c1ccccc1-c1ccc([N+](=O)[O-])cc1. The third-order valence-corrected chi connectivity index (χ3v) is 3.80. The normalized spacial score (nSPS) is 10.3. The van der Waals surface area contributed by atoms with Gasteiger partial charge in [0.25, 0.3) is 5.69 Å². The number of para-hydroxylation sites is 2. The lowest BCUT2D eigenvalue weighted by Crippen LogP contribution is -2.10. The van der Waals surface area contributed by atoms with E-state index in [4.69, 9.17) is 0 Å². The van der Waals surface area contributed by atoms with E-state index in [9.17, 15) is 10.1 Å². The summed E-state index contributed by atoms with van der Waals surface area (Å²) < 4.78 is 0. The summed E-state index contributed by atoms with van der Waals surface area (Å²) in [7, 11) is 2.01. The molecule has 0 saturated carbocycles. The second-order valence-electron chi connectivity index (χ2n) is 5.22. The Bertz CT molecular complexity index is 814. The Balaban J connectivity index is 2.02. The van der Waals surface area contributed by atoms with Gasteiger partial charge in [0, 0.05) is 36.1 Å². The Morgan fingerprint density at radius 1 is 0.826 bits per heavy atom. The zero-order valence-corrected chi connectivity index (χ0v) is 12.7. The minimum Gasteiger partial charge on any atom is -0.344 e. The number of benzene rings is 3. The topological polar surface area (TPSA) is 46.4 Å². The van der Waals surface area contributed by atoms with Crippen LogP contribution >= 0.6 is 0 Å². The van der Waals surface area contributed by atoms with Crippen LogP contribution in [-0.2, 0) is 0 Å². The van der Waals surface area contributed by atoms with Crippen molar-refractivity contribution in [2.24, 2.45) is 0 Å². The average Bonchev–Trinajstić information content (AvgIpc) is 2.62. The van der Waals surface area contributed by atoms with Crippen LogP contribution in [0.4, 0.5) is 17.1 Å². The number of hydrogen-bond donors (Lipinski definition) is 0. The van der Waals surface area contributed by atoms with Gasteiger partial charge in [-0.2, -0.15) is 0 Å². The lowest BCUT2D eigenvalue weighted by atomic mass is 10.0. The molecule has 0 saturated heterocycles. The van der Waals surface area contributed by atoms with Crippen molar-refractivity contribution in [1.82, 2.24) is 0 Å². The monoisotopic (exact) mass is 304 g/mol. The van der Waals surface area contributed by atoms with E-state index in [0.717, 1.165) is 22.5 Å². The van der Waals surface area contributed by atoms with E-state index in [0.29, 0.717) is 0 Å². The summed E-state index contributed by atoms with van der Waals surface area (Å²) >= 11 is 0. The molecule has 3 aromatic carbocycles. The number of nitrogens with zero attached hydrogens (tertiary/aromatic N) is 2. The Morgan fingerprint density at radius 3 is 2.09 bits per heavy atom. The first kappa shape index (κ1) is 14.8. The summed E-state index contributed by atoms with van der Waals surface area (Å²) in [5, 5.41) is 10.8. The van der Waals surface area contributed by atoms with E-state index in [1.54, 1.807) is 12.1 Å². The molecule has 0 spiro atoms. The molecular weight excluding hydrogens is 288 g/mol. The summed E-state index contributed by atoms with van der Waals surface area (Å²) in [6.45, 7) is 0. The molecule has 0 aromatic heterocycles. The number of nitro benzene ring substituents is 1. The second-order valence-corrected chi connectivity index (χ2v) is 5.22. The molecule has 4 heteroatoms. The molecule has 0 aliphatic heterocycles. The predicted octanol–water partition coefficient (Wildman–Crippen LogP) is 5.03. The van der Waals surface area contributed by atoms with Gasteiger partial charge < -0.3 is 4.90 Å². The van der Waals surface area contributed by atoms with Gasteiger partial charge in [-0.05, 0) is 35.9 Å². The highest BCUT2D eigenvalue weighted by atomic mass is 16.6. The van der Waals surface area contributed by atoms with Crippen LogP contribution in [0.2, 0.25) is 0 Å². The van der Waals surface area contributed by atoms with Crippen LogP contribution in [0.25, 0.3) is 11.1 Å². The zero-order valence-electron chi connectivity index (χ0n) is 12.7. The van der Waals surface area contributed by atoms with Crippen LogP contribution in [0.3, 0.4) is 0 Å². The first-order valence-electron chi connectivity index (χ1n) is 7.29. The molecule has 0 aliphatic rings. The van der Waals surface area contributed by atoms with Crippen LogP contribution in [0.1, 0.15) is 0 Å². The Morgan fingerprint density at radius 2 is 1.43 bits per heavy atom. The van der Waals surface area contributed by atoms with Crippen molar-refractivity contribution >= 4 is 17.1 Å². The highest BCUT2D eigenvalue weighted by Crippen LogP contribution is 2.34. The highest BCUT2D eigenvalue weighted by molar-refractivity contribution is 5.82. The fraction of sp³-hybridized carbons (Fsp3) is 0.0526. The van der Waals surface area contributed by atoms with Crippen molar-refractivity contribution in [3.05, 3.63) is 89.0 Å². The van der Waals surface area contributed by atoms with Crippen molar-refractivity contribution in [3.63, 3.8) is 0 Å². The minimum atomic E-state index is -0.383. The van der Waals surface area contributed by atoms with Gasteiger partial charge in [0.1, 0.15) is 0 Å². The van der Waals surface area contributed by atoms with E-state index in [2.05, 4.69) is 4.90 Å². The van der Waals surface area contributed by atoms with Gasteiger partial charge in [-0.25, -0.2) is 0 Å². The summed E-state index contributed by atoms with van der Waals surface area (Å²) in [5.74, 6) is 0. The lowest BCUT2D eigenvalue weighted by molar-refractivity contribution is -0.384. The Labute approximate surface area is 134 Å². The Kier molecular flexibility index (Phi) is 4.06. The summed E-state index contributed by atoms with van der Waals surface area (Å²) in [5.41, 5.74) is 4.22. The van der Waals surface area contributed by atoms with Gasteiger partial charge in [-0.15, -0.1) is 0 Å². The third kappa shape index (κ3) is 3.06. The first-order valence-corrected chi connectivity index (χ1v) is 7.29. The van der Waals surface area contributed by atoms with Gasteiger partial charge in [0.15, 0.2) is 0 Å². The number of non-ortho nitro benzene ring substituents is 1. The van der Waals surface area contributed by atoms with Gasteiger partial charge in [0.2, 0.25) is 0 Å². The Hall–Kier alpha value is -3.14. The molecule has 23 heavy (non-hydrogen) atoms. The zero-order chi connectivity index (χ0) is 16.2. The maximum Gasteiger partial charge on any atom is 0.269 e. The number of anilines is 2. The summed E-state index contributed by atoms with van der Waals surface area (Å²) in [6.07, 6.45) is 0. The van der Waals surface area contributed by atoms with Crippen LogP contribution < -0.4 is 4.90 Å². The van der Waals surface area contributed by atoms with Crippen LogP contribution in [0.5, 0.6) is 0 Å². The molecule has 0 unspecified atom stereocenters. The molecular formula is C19H16N2O2. The quantitative estimate of drug-likeness (QED) is 0.501. The van der Waals surface area contributed by atoms with Crippen LogP contribution in [0, 0.1) is 10.1 Å².